The van der Waals surface area contributed by atoms with Gasteiger partial charge in [0.15, 0.2) is 0 Å². The summed E-state index contributed by atoms with van der Waals surface area (Å²) in [7, 11) is 0. The van der Waals surface area contributed by atoms with Crippen molar-refractivity contribution in [3.05, 3.63) is 51.7 Å². The van der Waals surface area contributed by atoms with Crippen LogP contribution in [-0.4, -0.2) is 6.54 Å². The van der Waals surface area contributed by atoms with Crippen molar-refractivity contribution >= 4 is 11.3 Å². The van der Waals surface area contributed by atoms with E-state index in [9.17, 15) is 0 Å². The number of thiophene rings is 1. The van der Waals surface area contributed by atoms with Gasteiger partial charge in [-0.05, 0) is 71.8 Å². The van der Waals surface area contributed by atoms with E-state index in [1.807, 2.05) is 0 Å². The Morgan fingerprint density at radius 1 is 1.33 bits per heavy atom. The lowest BCUT2D eigenvalue weighted by Gasteiger charge is -2.28. The first kappa shape index (κ1) is 14.6. The van der Waals surface area contributed by atoms with Crippen molar-refractivity contribution in [2.75, 3.05) is 6.54 Å². The van der Waals surface area contributed by atoms with Gasteiger partial charge in [-0.1, -0.05) is 19.1 Å². The van der Waals surface area contributed by atoms with Gasteiger partial charge in [-0.2, -0.15) is 11.3 Å². The highest BCUT2D eigenvalue weighted by molar-refractivity contribution is 7.07. The molecule has 1 aromatic heterocycles. The second-order valence-electron chi connectivity index (χ2n) is 5.64. The molecule has 0 radical (unpaired) electrons. The molecule has 1 unspecified atom stereocenters. The van der Waals surface area contributed by atoms with Crippen LogP contribution in [0.2, 0.25) is 0 Å². The summed E-state index contributed by atoms with van der Waals surface area (Å²) in [5, 5.41) is 7.93. The average molecular weight is 301 g/mol. The molecule has 0 spiro atoms. The number of benzene rings is 1. The lowest BCUT2D eigenvalue weighted by molar-refractivity contribution is 0.300. The van der Waals surface area contributed by atoms with Crippen molar-refractivity contribution in [2.45, 2.75) is 45.3 Å². The molecule has 1 N–H and O–H groups in total. The van der Waals surface area contributed by atoms with E-state index in [0.717, 1.165) is 18.7 Å². The standard InChI is InChI=1S/C18H23NOS/c1-2-10-19-17-7-3-6-16-15(17)5-4-8-18(16)20-12-14-9-11-21-13-14/h4-5,8-9,11,13,17,19H,2-3,6-7,10,12H2,1H3. The molecule has 1 aliphatic rings. The largest absolute Gasteiger partial charge is 0.489 e. The zero-order valence-corrected chi connectivity index (χ0v) is 13.4. The maximum absolute atomic E-state index is 6.08. The zero-order valence-electron chi connectivity index (χ0n) is 12.6. The van der Waals surface area contributed by atoms with E-state index in [1.54, 1.807) is 11.3 Å². The van der Waals surface area contributed by atoms with Gasteiger partial charge >= 0.3 is 0 Å². The summed E-state index contributed by atoms with van der Waals surface area (Å²) in [6.45, 7) is 3.98. The SMILES string of the molecule is CCCNC1CCCc2c(OCc3ccsc3)cccc21. The molecule has 0 aliphatic heterocycles. The fourth-order valence-corrected chi connectivity index (χ4v) is 3.67. The maximum atomic E-state index is 6.08. The van der Waals surface area contributed by atoms with Gasteiger partial charge in [0.05, 0.1) is 0 Å². The molecule has 0 fully saturated rings. The molecule has 1 atom stereocenters. The number of ether oxygens (including phenoxy) is 1. The number of fused-ring (bicyclic) bond motifs is 1. The predicted molar refractivity (Wildman–Crippen MR) is 89.1 cm³/mol. The number of nitrogens with one attached hydrogen (secondary N) is 1. The van der Waals surface area contributed by atoms with Gasteiger partial charge in [-0.25, -0.2) is 0 Å². The molecule has 3 rings (SSSR count). The first-order valence-electron chi connectivity index (χ1n) is 7.87. The summed E-state index contributed by atoms with van der Waals surface area (Å²) in [5.74, 6) is 1.07. The van der Waals surface area contributed by atoms with Gasteiger partial charge in [0.25, 0.3) is 0 Å². The molecule has 0 saturated heterocycles. The Balaban J connectivity index is 1.76. The van der Waals surface area contributed by atoms with Gasteiger partial charge in [0, 0.05) is 6.04 Å². The highest BCUT2D eigenvalue weighted by Gasteiger charge is 2.22. The predicted octanol–water partition coefficient (Wildman–Crippen LogP) is 4.70. The van der Waals surface area contributed by atoms with Crippen molar-refractivity contribution in [3.8, 4) is 5.75 Å². The Morgan fingerprint density at radius 2 is 2.29 bits per heavy atom. The molecular formula is C18H23NOS. The van der Waals surface area contributed by atoms with E-state index in [2.05, 4.69) is 47.3 Å². The highest BCUT2D eigenvalue weighted by Crippen LogP contribution is 2.35. The van der Waals surface area contributed by atoms with Crippen LogP contribution in [0.1, 0.15) is 48.9 Å². The average Bonchev–Trinajstić information content (AvgIpc) is 3.04. The zero-order chi connectivity index (χ0) is 14.5. The van der Waals surface area contributed by atoms with Crippen LogP contribution in [0.4, 0.5) is 0 Å². The van der Waals surface area contributed by atoms with Crippen LogP contribution in [0.25, 0.3) is 0 Å². The molecule has 1 aromatic carbocycles. The third-order valence-electron chi connectivity index (χ3n) is 4.08. The summed E-state index contributed by atoms with van der Waals surface area (Å²) >= 11 is 1.72. The fourth-order valence-electron chi connectivity index (χ4n) is 3.02. The Morgan fingerprint density at radius 3 is 3.10 bits per heavy atom. The van der Waals surface area contributed by atoms with Gasteiger partial charge in [0.1, 0.15) is 12.4 Å². The second kappa shape index (κ2) is 7.10. The van der Waals surface area contributed by atoms with Gasteiger partial charge in [-0.3, -0.25) is 0 Å². The molecule has 2 aromatic rings. The summed E-state index contributed by atoms with van der Waals surface area (Å²) in [4.78, 5) is 0. The minimum atomic E-state index is 0.499. The minimum absolute atomic E-state index is 0.499. The monoisotopic (exact) mass is 301 g/mol. The topological polar surface area (TPSA) is 21.3 Å². The third kappa shape index (κ3) is 3.47. The van der Waals surface area contributed by atoms with Crippen LogP contribution < -0.4 is 10.1 Å². The first-order chi connectivity index (χ1) is 10.4. The molecule has 2 nitrogen and oxygen atoms in total. The van der Waals surface area contributed by atoms with Crippen molar-refractivity contribution in [2.24, 2.45) is 0 Å². The lowest BCUT2D eigenvalue weighted by atomic mass is 9.87. The van der Waals surface area contributed by atoms with E-state index < -0.39 is 0 Å². The van der Waals surface area contributed by atoms with Crippen molar-refractivity contribution in [1.82, 2.24) is 5.32 Å². The Kier molecular flexibility index (Phi) is 4.94. The summed E-state index contributed by atoms with van der Waals surface area (Å²) < 4.78 is 6.08. The van der Waals surface area contributed by atoms with Crippen LogP contribution in [0, 0.1) is 0 Å². The van der Waals surface area contributed by atoms with Crippen LogP contribution in [0.3, 0.4) is 0 Å². The number of rotatable bonds is 6. The Labute approximate surface area is 131 Å². The maximum Gasteiger partial charge on any atom is 0.123 e. The normalized spacial score (nSPS) is 17.5. The van der Waals surface area contributed by atoms with E-state index >= 15 is 0 Å². The number of hydrogen-bond donors (Lipinski definition) is 1. The first-order valence-corrected chi connectivity index (χ1v) is 8.82. The van der Waals surface area contributed by atoms with Crippen molar-refractivity contribution in [3.63, 3.8) is 0 Å². The molecule has 21 heavy (non-hydrogen) atoms. The summed E-state index contributed by atoms with van der Waals surface area (Å²) in [6.07, 6.45) is 4.80. The van der Waals surface area contributed by atoms with E-state index in [4.69, 9.17) is 4.74 Å². The summed E-state index contributed by atoms with van der Waals surface area (Å²) in [6, 6.07) is 9.14. The van der Waals surface area contributed by atoms with Gasteiger partial charge in [0.2, 0.25) is 0 Å². The molecule has 0 bridgehead atoms. The molecule has 1 aliphatic carbocycles. The quantitative estimate of drug-likeness (QED) is 0.834. The number of hydrogen-bond acceptors (Lipinski definition) is 3. The molecule has 112 valence electrons. The van der Waals surface area contributed by atoms with Crippen molar-refractivity contribution < 1.29 is 4.74 Å². The summed E-state index contributed by atoms with van der Waals surface area (Å²) in [5.41, 5.74) is 4.11. The van der Waals surface area contributed by atoms with Crippen LogP contribution in [0.5, 0.6) is 5.75 Å². The van der Waals surface area contributed by atoms with Gasteiger partial charge in [-0.15, -0.1) is 0 Å². The van der Waals surface area contributed by atoms with Gasteiger partial charge < -0.3 is 10.1 Å². The van der Waals surface area contributed by atoms with Crippen LogP contribution in [-0.2, 0) is 13.0 Å². The molecule has 1 heterocycles. The smallest absolute Gasteiger partial charge is 0.123 e. The van der Waals surface area contributed by atoms with E-state index in [0.29, 0.717) is 12.6 Å². The molecule has 0 saturated carbocycles. The molecule has 0 amide bonds. The second-order valence-corrected chi connectivity index (χ2v) is 6.42. The van der Waals surface area contributed by atoms with E-state index in [-0.39, 0.29) is 0 Å². The lowest BCUT2D eigenvalue weighted by Crippen LogP contribution is -2.26. The van der Waals surface area contributed by atoms with Crippen LogP contribution in [0.15, 0.2) is 35.0 Å². The molecule has 3 heteroatoms. The third-order valence-corrected chi connectivity index (χ3v) is 4.81. The fraction of sp³-hybridized carbons (Fsp3) is 0.444. The Hall–Kier alpha value is -1.32. The van der Waals surface area contributed by atoms with E-state index in [1.165, 1.54) is 36.0 Å². The minimum Gasteiger partial charge on any atom is -0.489 e. The van der Waals surface area contributed by atoms with Crippen molar-refractivity contribution in [1.29, 1.82) is 0 Å². The highest BCUT2D eigenvalue weighted by atomic mass is 32.1. The Bertz CT molecular complexity index is 565. The van der Waals surface area contributed by atoms with Crippen LogP contribution >= 0.6 is 11.3 Å². The molecular weight excluding hydrogens is 278 g/mol.